The van der Waals surface area contributed by atoms with Gasteiger partial charge in [-0.05, 0) is 51.3 Å². The molecule has 6 nitrogen and oxygen atoms in total. The molecule has 0 spiro atoms. The van der Waals surface area contributed by atoms with Crippen molar-refractivity contribution in [3.05, 3.63) is 42.5 Å². The summed E-state index contributed by atoms with van der Waals surface area (Å²) in [5, 5.41) is 7.11. The van der Waals surface area contributed by atoms with Crippen molar-refractivity contribution in [1.82, 2.24) is 20.1 Å². The topological polar surface area (TPSA) is 69.0 Å². The van der Waals surface area contributed by atoms with Crippen LogP contribution in [0.25, 0.3) is 0 Å². The van der Waals surface area contributed by atoms with Gasteiger partial charge in [-0.2, -0.15) is 5.10 Å². The molecular formula is C17H24N4O2. The molecule has 2 rings (SSSR count). The number of hydrogen-bond acceptors (Lipinski definition) is 4. The predicted octanol–water partition coefficient (Wildman–Crippen LogP) is 2.16. The zero-order valence-electron chi connectivity index (χ0n) is 14.1. The van der Waals surface area contributed by atoms with Gasteiger partial charge in [0.05, 0.1) is 7.11 Å². The number of amides is 1. The zero-order valence-corrected chi connectivity index (χ0v) is 14.1. The van der Waals surface area contributed by atoms with Gasteiger partial charge in [0.1, 0.15) is 23.9 Å². The number of methoxy groups -OCH3 is 1. The number of benzene rings is 1. The minimum Gasteiger partial charge on any atom is -0.497 e. The van der Waals surface area contributed by atoms with Gasteiger partial charge < -0.3 is 10.1 Å². The summed E-state index contributed by atoms with van der Waals surface area (Å²) in [7, 11) is 1.66. The molecule has 0 aliphatic carbocycles. The standard InChI is InChI=1S/C17H24N4O2/c1-13(5-6-14-7-9-15(23-4)10-8-14)20-16(22)17(2,3)21-12-18-11-19-21/h7-13H,5-6H2,1-4H3,(H,20,22). The third-order valence-corrected chi connectivity index (χ3v) is 3.95. The van der Waals surface area contributed by atoms with Crippen molar-refractivity contribution >= 4 is 5.91 Å². The van der Waals surface area contributed by atoms with Gasteiger partial charge in [0.25, 0.3) is 0 Å². The fraction of sp³-hybridized carbons (Fsp3) is 0.471. The molecule has 6 heteroatoms. The Balaban J connectivity index is 1.86. The third kappa shape index (κ3) is 4.31. The Bertz CT molecular complexity index is 621. The van der Waals surface area contributed by atoms with Crippen LogP contribution in [0.5, 0.6) is 5.75 Å². The Morgan fingerprint density at radius 2 is 2.04 bits per heavy atom. The molecule has 0 saturated carbocycles. The molecule has 1 heterocycles. The molecule has 0 fully saturated rings. The second-order valence-electron chi connectivity index (χ2n) is 6.16. The summed E-state index contributed by atoms with van der Waals surface area (Å²) in [5.41, 5.74) is 0.465. The molecule has 1 aromatic heterocycles. The van der Waals surface area contributed by atoms with Crippen LogP contribution in [0.15, 0.2) is 36.9 Å². The maximum Gasteiger partial charge on any atom is 0.247 e. The number of carbonyl (C=O) groups is 1. The summed E-state index contributed by atoms with van der Waals surface area (Å²) in [5.74, 6) is 0.787. The maximum atomic E-state index is 12.5. The molecular weight excluding hydrogens is 292 g/mol. The van der Waals surface area contributed by atoms with Crippen molar-refractivity contribution in [2.45, 2.75) is 45.2 Å². The summed E-state index contributed by atoms with van der Waals surface area (Å²) >= 11 is 0. The first-order chi connectivity index (χ1) is 10.9. The second kappa shape index (κ2) is 7.26. The smallest absolute Gasteiger partial charge is 0.247 e. The van der Waals surface area contributed by atoms with Crippen molar-refractivity contribution < 1.29 is 9.53 Å². The molecule has 0 aliphatic rings. The lowest BCUT2D eigenvalue weighted by Crippen LogP contribution is -2.47. The molecule has 124 valence electrons. The molecule has 1 atom stereocenters. The fourth-order valence-corrected chi connectivity index (χ4v) is 2.25. The van der Waals surface area contributed by atoms with Crippen LogP contribution in [0.4, 0.5) is 0 Å². The summed E-state index contributed by atoms with van der Waals surface area (Å²) in [4.78, 5) is 16.4. The maximum absolute atomic E-state index is 12.5. The summed E-state index contributed by atoms with van der Waals surface area (Å²) in [6, 6.07) is 8.07. The van der Waals surface area contributed by atoms with Crippen LogP contribution < -0.4 is 10.1 Å². The lowest BCUT2D eigenvalue weighted by Gasteiger charge is -2.26. The van der Waals surface area contributed by atoms with Crippen LogP contribution in [-0.4, -0.2) is 33.8 Å². The highest BCUT2D eigenvalue weighted by atomic mass is 16.5. The molecule has 0 aliphatic heterocycles. The van der Waals surface area contributed by atoms with Gasteiger partial charge in [0.15, 0.2) is 0 Å². The van der Waals surface area contributed by atoms with Crippen LogP contribution in [0.1, 0.15) is 32.8 Å². The lowest BCUT2D eigenvalue weighted by atomic mass is 10.0. The Labute approximate surface area is 136 Å². The van der Waals surface area contributed by atoms with E-state index in [1.165, 1.54) is 11.9 Å². The Hall–Kier alpha value is -2.37. The Morgan fingerprint density at radius 1 is 1.35 bits per heavy atom. The number of nitrogens with zero attached hydrogens (tertiary/aromatic N) is 3. The van der Waals surface area contributed by atoms with E-state index in [0.717, 1.165) is 18.6 Å². The highest BCUT2D eigenvalue weighted by molar-refractivity contribution is 5.83. The van der Waals surface area contributed by atoms with Gasteiger partial charge in [0, 0.05) is 6.04 Å². The lowest BCUT2D eigenvalue weighted by molar-refractivity contribution is -0.129. The number of aryl methyl sites for hydroxylation is 1. The monoisotopic (exact) mass is 316 g/mol. The SMILES string of the molecule is COc1ccc(CCC(C)NC(=O)C(C)(C)n2cncn2)cc1. The first-order valence-electron chi connectivity index (χ1n) is 7.72. The minimum absolute atomic E-state index is 0.0646. The Morgan fingerprint density at radius 3 is 2.61 bits per heavy atom. The number of nitrogens with one attached hydrogen (secondary N) is 1. The number of ether oxygens (including phenoxy) is 1. The van der Waals surface area contributed by atoms with Crippen LogP contribution in [0, 0.1) is 0 Å². The van der Waals surface area contributed by atoms with Gasteiger partial charge in [-0.25, -0.2) is 9.67 Å². The molecule has 2 aromatic rings. The molecule has 1 aromatic carbocycles. The van der Waals surface area contributed by atoms with E-state index >= 15 is 0 Å². The van der Waals surface area contributed by atoms with Crippen LogP contribution in [-0.2, 0) is 16.8 Å². The molecule has 1 unspecified atom stereocenters. The normalized spacial score (nSPS) is 12.7. The predicted molar refractivity (Wildman–Crippen MR) is 88.3 cm³/mol. The van der Waals surface area contributed by atoms with Gasteiger partial charge in [-0.3, -0.25) is 4.79 Å². The highest BCUT2D eigenvalue weighted by Gasteiger charge is 2.31. The fourth-order valence-electron chi connectivity index (χ4n) is 2.25. The van der Waals surface area contributed by atoms with Gasteiger partial charge >= 0.3 is 0 Å². The van der Waals surface area contributed by atoms with Crippen molar-refractivity contribution in [3.8, 4) is 5.75 Å². The van der Waals surface area contributed by atoms with Crippen LogP contribution in [0.3, 0.4) is 0 Å². The largest absolute Gasteiger partial charge is 0.497 e. The second-order valence-corrected chi connectivity index (χ2v) is 6.16. The van der Waals surface area contributed by atoms with E-state index in [2.05, 4.69) is 15.4 Å². The van der Waals surface area contributed by atoms with Gasteiger partial charge in [0.2, 0.25) is 5.91 Å². The minimum atomic E-state index is -0.759. The van der Waals surface area contributed by atoms with E-state index in [0.29, 0.717) is 0 Å². The zero-order chi connectivity index (χ0) is 16.9. The van der Waals surface area contributed by atoms with E-state index in [4.69, 9.17) is 4.74 Å². The van der Waals surface area contributed by atoms with E-state index in [1.807, 2.05) is 45.0 Å². The molecule has 0 bridgehead atoms. The van der Waals surface area contributed by atoms with Crippen molar-refractivity contribution in [3.63, 3.8) is 0 Å². The average Bonchev–Trinajstić information content (AvgIpc) is 3.08. The van der Waals surface area contributed by atoms with Crippen LogP contribution >= 0.6 is 0 Å². The van der Waals surface area contributed by atoms with E-state index in [1.54, 1.807) is 18.1 Å². The molecule has 1 N–H and O–H groups in total. The first kappa shape index (κ1) is 17.0. The summed E-state index contributed by atoms with van der Waals surface area (Å²) in [6.45, 7) is 5.67. The van der Waals surface area contributed by atoms with E-state index in [9.17, 15) is 4.79 Å². The number of rotatable bonds is 7. The van der Waals surface area contributed by atoms with Crippen molar-refractivity contribution in [2.75, 3.05) is 7.11 Å². The molecule has 0 radical (unpaired) electrons. The van der Waals surface area contributed by atoms with Crippen molar-refractivity contribution in [2.24, 2.45) is 0 Å². The average molecular weight is 316 g/mol. The molecule has 0 saturated heterocycles. The highest BCUT2D eigenvalue weighted by Crippen LogP contribution is 2.15. The molecule has 1 amide bonds. The quantitative estimate of drug-likeness (QED) is 0.850. The Kier molecular flexibility index (Phi) is 5.36. The molecule has 23 heavy (non-hydrogen) atoms. The van der Waals surface area contributed by atoms with Crippen LogP contribution in [0.2, 0.25) is 0 Å². The van der Waals surface area contributed by atoms with Gasteiger partial charge in [-0.15, -0.1) is 0 Å². The number of aromatic nitrogens is 3. The van der Waals surface area contributed by atoms with E-state index < -0.39 is 5.54 Å². The van der Waals surface area contributed by atoms with Gasteiger partial charge in [-0.1, -0.05) is 12.1 Å². The third-order valence-electron chi connectivity index (χ3n) is 3.95. The van der Waals surface area contributed by atoms with Crippen molar-refractivity contribution in [1.29, 1.82) is 0 Å². The number of carbonyl (C=O) groups excluding carboxylic acids is 1. The summed E-state index contributed by atoms with van der Waals surface area (Å²) < 4.78 is 6.72. The number of hydrogen-bond donors (Lipinski definition) is 1. The first-order valence-corrected chi connectivity index (χ1v) is 7.72. The van der Waals surface area contributed by atoms with E-state index in [-0.39, 0.29) is 11.9 Å². The summed E-state index contributed by atoms with van der Waals surface area (Å²) in [6.07, 6.45) is 4.75.